The Bertz CT molecular complexity index is 353. The molecular formula is C12H21N3O3S. The van der Waals surface area contributed by atoms with Gasteiger partial charge in [-0.2, -0.15) is 11.8 Å². The first-order valence-electron chi connectivity index (χ1n) is 6.71. The van der Waals surface area contributed by atoms with Gasteiger partial charge in [-0.1, -0.05) is 6.42 Å². The number of aliphatic hydroxyl groups is 1. The number of Topliss-reactive ketones (excluding diaryl/α,β-unsaturated/α-hetero) is 1. The Hall–Kier alpha value is -0.790. The smallest absolute Gasteiger partial charge is 0.315 e. The fourth-order valence-electron chi connectivity index (χ4n) is 2.59. The summed E-state index contributed by atoms with van der Waals surface area (Å²) in [4.78, 5) is 22.6. The Balaban J connectivity index is 1.64. The zero-order chi connectivity index (χ0) is 13.8. The van der Waals surface area contributed by atoms with Crippen molar-refractivity contribution in [2.24, 2.45) is 5.73 Å². The number of hydrogen-bond acceptors (Lipinski definition) is 5. The number of carbonyl (C=O) groups excluding carboxylic acids is 2. The molecular weight excluding hydrogens is 266 g/mol. The third kappa shape index (κ3) is 3.61. The lowest BCUT2D eigenvalue weighted by Gasteiger charge is -2.16. The molecule has 5 N–H and O–H groups in total. The van der Waals surface area contributed by atoms with E-state index in [1.807, 2.05) is 11.8 Å². The molecule has 0 radical (unpaired) electrons. The van der Waals surface area contributed by atoms with E-state index in [9.17, 15) is 14.7 Å². The number of unbranched alkanes of at least 4 members (excludes halogenated alkanes) is 1. The van der Waals surface area contributed by atoms with Gasteiger partial charge in [0.2, 0.25) is 0 Å². The van der Waals surface area contributed by atoms with Gasteiger partial charge in [-0.15, -0.1) is 0 Å². The predicted molar refractivity (Wildman–Crippen MR) is 74.0 cm³/mol. The molecule has 0 spiro atoms. The second-order valence-electron chi connectivity index (χ2n) is 5.09. The van der Waals surface area contributed by atoms with E-state index in [1.54, 1.807) is 0 Å². The van der Waals surface area contributed by atoms with Crippen LogP contribution in [0.2, 0.25) is 0 Å². The SMILES string of the molecule is NCC(O)C(=O)CCCC[C@@H]1SC[C@@H]2NC(=O)N[C@@H]21. The summed E-state index contributed by atoms with van der Waals surface area (Å²) in [6, 6.07) is 0.410. The second kappa shape index (κ2) is 6.58. The molecule has 2 fully saturated rings. The molecule has 1 unspecified atom stereocenters. The highest BCUT2D eigenvalue weighted by atomic mass is 32.2. The van der Waals surface area contributed by atoms with Gasteiger partial charge >= 0.3 is 6.03 Å². The van der Waals surface area contributed by atoms with E-state index in [1.165, 1.54) is 0 Å². The van der Waals surface area contributed by atoms with Gasteiger partial charge in [0.15, 0.2) is 5.78 Å². The number of rotatable bonds is 7. The van der Waals surface area contributed by atoms with Gasteiger partial charge in [0, 0.05) is 24.0 Å². The lowest BCUT2D eigenvalue weighted by molar-refractivity contribution is -0.126. The maximum atomic E-state index is 11.4. The van der Waals surface area contributed by atoms with E-state index in [0.29, 0.717) is 11.7 Å². The number of aliphatic hydroxyl groups excluding tert-OH is 1. The molecule has 2 aliphatic rings. The number of amides is 2. The molecule has 0 aliphatic carbocycles. The molecule has 0 saturated carbocycles. The van der Waals surface area contributed by atoms with E-state index >= 15 is 0 Å². The number of fused-ring (bicyclic) bond motifs is 1. The van der Waals surface area contributed by atoms with Crippen molar-refractivity contribution in [1.82, 2.24) is 10.6 Å². The average molecular weight is 287 g/mol. The van der Waals surface area contributed by atoms with Gasteiger partial charge in [-0.05, 0) is 12.8 Å². The summed E-state index contributed by atoms with van der Waals surface area (Å²) in [5.41, 5.74) is 5.23. The Kier molecular flexibility index (Phi) is 5.06. The summed E-state index contributed by atoms with van der Waals surface area (Å²) in [5, 5.41) is 15.5. The Morgan fingerprint density at radius 2 is 2.26 bits per heavy atom. The van der Waals surface area contributed by atoms with E-state index < -0.39 is 6.10 Å². The fraction of sp³-hybridized carbons (Fsp3) is 0.833. The standard InChI is InChI=1S/C12H21N3O3S/c13-5-9(17)8(16)3-1-2-4-10-11-7(6-19-10)14-12(18)15-11/h7,9-11,17H,1-6,13H2,(H2,14,15,18)/t7-,9?,10-,11-/m0/s1. The van der Waals surface area contributed by atoms with Crippen molar-refractivity contribution in [3.05, 3.63) is 0 Å². The topological polar surface area (TPSA) is 104 Å². The van der Waals surface area contributed by atoms with Crippen LogP contribution in [0.5, 0.6) is 0 Å². The molecule has 2 saturated heterocycles. The molecule has 0 bridgehead atoms. The second-order valence-corrected chi connectivity index (χ2v) is 6.36. The molecule has 0 aromatic rings. The molecule has 2 amide bonds. The highest BCUT2D eigenvalue weighted by Gasteiger charge is 2.42. The largest absolute Gasteiger partial charge is 0.384 e. The summed E-state index contributed by atoms with van der Waals surface area (Å²) >= 11 is 1.87. The van der Waals surface area contributed by atoms with E-state index in [0.717, 1.165) is 25.0 Å². The summed E-state index contributed by atoms with van der Waals surface area (Å²) in [6.45, 7) is -0.00122. The van der Waals surface area contributed by atoms with Crippen LogP contribution in [0.1, 0.15) is 25.7 Å². The Morgan fingerprint density at radius 3 is 3.00 bits per heavy atom. The van der Waals surface area contributed by atoms with Gasteiger partial charge < -0.3 is 21.5 Å². The van der Waals surface area contributed by atoms with Gasteiger partial charge in [-0.25, -0.2) is 4.79 Å². The highest BCUT2D eigenvalue weighted by molar-refractivity contribution is 8.00. The van der Waals surface area contributed by atoms with E-state index in [4.69, 9.17) is 5.73 Å². The summed E-state index contributed by atoms with van der Waals surface area (Å²) in [5.74, 6) is 0.786. The molecule has 108 valence electrons. The van der Waals surface area contributed by atoms with E-state index in [-0.39, 0.29) is 30.4 Å². The molecule has 6 nitrogen and oxygen atoms in total. The van der Waals surface area contributed by atoms with Crippen LogP contribution < -0.4 is 16.4 Å². The number of carbonyl (C=O) groups is 2. The van der Waals surface area contributed by atoms with Gasteiger partial charge in [0.25, 0.3) is 0 Å². The first-order valence-corrected chi connectivity index (χ1v) is 7.76. The third-order valence-electron chi connectivity index (χ3n) is 3.69. The third-order valence-corrected chi connectivity index (χ3v) is 5.20. The maximum Gasteiger partial charge on any atom is 0.315 e. The van der Waals surface area contributed by atoms with Crippen LogP contribution in [0.4, 0.5) is 4.79 Å². The average Bonchev–Trinajstić information content (AvgIpc) is 2.93. The predicted octanol–water partition coefficient (Wildman–Crippen LogP) is -0.399. The number of urea groups is 1. The lowest BCUT2D eigenvalue weighted by atomic mass is 10.0. The Morgan fingerprint density at radius 1 is 1.47 bits per heavy atom. The highest BCUT2D eigenvalue weighted by Crippen LogP contribution is 2.33. The van der Waals surface area contributed by atoms with Crippen LogP contribution in [-0.2, 0) is 4.79 Å². The number of hydrogen-bond donors (Lipinski definition) is 4. The van der Waals surface area contributed by atoms with Gasteiger partial charge in [0.1, 0.15) is 6.10 Å². The maximum absolute atomic E-state index is 11.4. The van der Waals surface area contributed by atoms with Crippen LogP contribution >= 0.6 is 11.8 Å². The molecule has 19 heavy (non-hydrogen) atoms. The molecule has 2 rings (SSSR count). The van der Waals surface area contributed by atoms with Crippen molar-refractivity contribution < 1.29 is 14.7 Å². The number of ketones is 1. The minimum absolute atomic E-state index is 0.00122. The first kappa shape index (κ1) is 14.6. The summed E-state index contributed by atoms with van der Waals surface area (Å²) < 4.78 is 0. The van der Waals surface area contributed by atoms with Crippen molar-refractivity contribution >= 4 is 23.6 Å². The minimum atomic E-state index is -1.01. The van der Waals surface area contributed by atoms with E-state index in [2.05, 4.69) is 10.6 Å². The lowest BCUT2D eigenvalue weighted by Crippen LogP contribution is -2.36. The van der Waals surface area contributed by atoms with Gasteiger partial charge in [0.05, 0.1) is 12.1 Å². The summed E-state index contributed by atoms with van der Waals surface area (Å²) in [6.07, 6.45) is 2.06. The normalized spacial score (nSPS) is 30.6. The van der Waals surface area contributed by atoms with Crippen LogP contribution in [0.25, 0.3) is 0 Å². The number of nitrogens with one attached hydrogen (secondary N) is 2. The zero-order valence-corrected chi connectivity index (χ0v) is 11.6. The Labute approximate surface area is 116 Å². The van der Waals surface area contributed by atoms with Crippen LogP contribution in [0.3, 0.4) is 0 Å². The fourth-order valence-corrected chi connectivity index (χ4v) is 4.13. The van der Waals surface area contributed by atoms with Crippen molar-refractivity contribution in [1.29, 1.82) is 0 Å². The van der Waals surface area contributed by atoms with Crippen LogP contribution in [-0.4, -0.2) is 52.7 Å². The molecule has 7 heteroatoms. The zero-order valence-electron chi connectivity index (χ0n) is 10.8. The first-order chi connectivity index (χ1) is 9.11. The minimum Gasteiger partial charge on any atom is -0.384 e. The number of thioether (sulfide) groups is 1. The molecule has 4 atom stereocenters. The van der Waals surface area contributed by atoms with Crippen molar-refractivity contribution in [3.8, 4) is 0 Å². The number of nitrogens with two attached hydrogens (primary N) is 1. The monoisotopic (exact) mass is 287 g/mol. The quantitative estimate of drug-likeness (QED) is 0.377. The van der Waals surface area contributed by atoms with Crippen molar-refractivity contribution in [2.75, 3.05) is 12.3 Å². The van der Waals surface area contributed by atoms with Crippen molar-refractivity contribution in [2.45, 2.75) is 49.1 Å². The van der Waals surface area contributed by atoms with Crippen LogP contribution in [0, 0.1) is 0 Å². The van der Waals surface area contributed by atoms with Gasteiger partial charge in [-0.3, -0.25) is 4.79 Å². The molecule has 0 aromatic heterocycles. The molecule has 0 aromatic carbocycles. The summed E-state index contributed by atoms with van der Waals surface area (Å²) in [7, 11) is 0. The molecule has 2 aliphatic heterocycles. The molecule has 2 heterocycles. The van der Waals surface area contributed by atoms with Crippen LogP contribution in [0.15, 0.2) is 0 Å². The van der Waals surface area contributed by atoms with Crippen molar-refractivity contribution in [3.63, 3.8) is 0 Å².